The summed E-state index contributed by atoms with van der Waals surface area (Å²) in [4.78, 5) is 29.3. The standard InChI is InChI=1S/C23H28N4O2/c1-17-10-12-26(16-18-5-3-2-4-6-18)13-14-27(17)23(29)25-20-8-7-19-9-11-24-22(28)21(19)15-20/h2-8,15,17H,9-14,16H2,1H3,(H,24,28)(H,25,29). The van der Waals surface area contributed by atoms with E-state index in [0.717, 1.165) is 38.0 Å². The molecule has 29 heavy (non-hydrogen) atoms. The molecule has 1 atom stereocenters. The van der Waals surface area contributed by atoms with E-state index in [-0.39, 0.29) is 18.0 Å². The van der Waals surface area contributed by atoms with Crippen molar-refractivity contribution in [3.8, 4) is 0 Å². The highest BCUT2D eigenvalue weighted by atomic mass is 16.2. The van der Waals surface area contributed by atoms with E-state index in [1.54, 1.807) is 6.07 Å². The van der Waals surface area contributed by atoms with Crippen LogP contribution < -0.4 is 10.6 Å². The smallest absolute Gasteiger partial charge is 0.322 e. The molecule has 2 heterocycles. The average molecular weight is 393 g/mol. The van der Waals surface area contributed by atoms with Crippen molar-refractivity contribution in [2.75, 3.05) is 31.5 Å². The molecule has 1 saturated heterocycles. The molecule has 4 rings (SSSR count). The summed E-state index contributed by atoms with van der Waals surface area (Å²) in [5.74, 6) is -0.0676. The van der Waals surface area contributed by atoms with E-state index in [1.807, 2.05) is 23.1 Å². The van der Waals surface area contributed by atoms with Gasteiger partial charge in [0, 0.05) is 50.0 Å². The summed E-state index contributed by atoms with van der Waals surface area (Å²) in [6.45, 7) is 6.18. The topological polar surface area (TPSA) is 64.7 Å². The van der Waals surface area contributed by atoms with Crippen molar-refractivity contribution in [3.05, 3.63) is 65.2 Å². The molecular weight excluding hydrogens is 364 g/mol. The first kappa shape index (κ1) is 19.5. The molecule has 2 aliphatic rings. The van der Waals surface area contributed by atoms with E-state index in [9.17, 15) is 9.59 Å². The van der Waals surface area contributed by atoms with Crippen molar-refractivity contribution in [1.82, 2.24) is 15.1 Å². The molecule has 2 N–H and O–H groups in total. The lowest BCUT2D eigenvalue weighted by molar-refractivity contribution is 0.0946. The second kappa shape index (κ2) is 8.66. The third-order valence-corrected chi connectivity index (χ3v) is 5.85. The van der Waals surface area contributed by atoms with Crippen LogP contribution in [0.15, 0.2) is 48.5 Å². The number of urea groups is 1. The molecule has 0 spiro atoms. The highest BCUT2D eigenvalue weighted by Crippen LogP contribution is 2.21. The first-order chi connectivity index (χ1) is 14.1. The van der Waals surface area contributed by atoms with Gasteiger partial charge >= 0.3 is 6.03 Å². The van der Waals surface area contributed by atoms with Crippen LogP contribution in [0.2, 0.25) is 0 Å². The number of carbonyl (C=O) groups is 2. The number of nitrogens with one attached hydrogen (secondary N) is 2. The lowest BCUT2D eigenvalue weighted by Gasteiger charge is -2.27. The minimum Gasteiger partial charge on any atom is -0.352 e. The van der Waals surface area contributed by atoms with Crippen LogP contribution in [0.3, 0.4) is 0 Å². The summed E-state index contributed by atoms with van der Waals surface area (Å²) in [7, 11) is 0. The molecule has 1 unspecified atom stereocenters. The fourth-order valence-electron chi connectivity index (χ4n) is 4.09. The van der Waals surface area contributed by atoms with Crippen molar-refractivity contribution in [2.24, 2.45) is 0 Å². The first-order valence-corrected chi connectivity index (χ1v) is 10.3. The van der Waals surface area contributed by atoms with Crippen LogP contribution in [0.4, 0.5) is 10.5 Å². The predicted octanol–water partition coefficient (Wildman–Crippen LogP) is 3.10. The number of fused-ring (bicyclic) bond motifs is 1. The average Bonchev–Trinajstić information content (AvgIpc) is 2.91. The van der Waals surface area contributed by atoms with Crippen LogP contribution in [-0.4, -0.2) is 54.0 Å². The number of benzene rings is 2. The SMILES string of the molecule is CC1CCN(Cc2ccccc2)CCN1C(=O)Nc1ccc2c(c1)C(=O)NCC2. The van der Waals surface area contributed by atoms with E-state index in [0.29, 0.717) is 24.3 Å². The number of rotatable bonds is 3. The zero-order valence-electron chi connectivity index (χ0n) is 16.9. The molecule has 0 saturated carbocycles. The number of carbonyl (C=O) groups excluding carboxylic acids is 2. The summed E-state index contributed by atoms with van der Waals surface area (Å²) in [6.07, 6.45) is 1.77. The Hall–Kier alpha value is -2.86. The zero-order chi connectivity index (χ0) is 20.2. The molecule has 152 valence electrons. The van der Waals surface area contributed by atoms with Crippen LogP contribution in [0.1, 0.15) is 34.8 Å². The van der Waals surface area contributed by atoms with Gasteiger partial charge < -0.3 is 15.5 Å². The van der Waals surface area contributed by atoms with Gasteiger partial charge in [0.15, 0.2) is 0 Å². The molecular formula is C23H28N4O2. The Morgan fingerprint density at radius 3 is 2.79 bits per heavy atom. The Labute approximate surface area is 171 Å². The van der Waals surface area contributed by atoms with Crippen molar-refractivity contribution < 1.29 is 9.59 Å². The Balaban J connectivity index is 1.39. The minimum atomic E-state index is -0.102. The van der Waals surface area contributed by atoms with Gasteiger partial charge in [0.2, 0.25) is 0 Å². The molecule has 6 nitrogen and oxygen atoms in total. The van der Waals surface area contributed by atoms with Crippen molar-refractivity contribution >= 4 is 17.6 Å². The van der Waals surface area contributed by atoms with Crippen molar-refractivity contribution in [3.63, 3.8) is 0 Å². The Morgan fingerprint density at radius 1 is 1.14 bits per heavy atom. The fraction of sp³-hybridized carbons (Fsp3) is 0.391. The molecule has 0 aliphatic carbocycles. The third-order valence-electron chi connectivity index (χ3n) is 5.85. The van der Waals surface area contributed by atoms with Crippen LogP contribution in [-0.2, 0) is 13.0 Å². The summed E-state index contributed by atoms with van der Waals surface area (Å²) in [6, 6.07) is 16.1. The van der Waals surface area contributed by atoms with Gasteiger partial charge in [0.25, 0.3) is 5.91 Å². The van der Waals surface area contributed by atoms with Gasteiger partial charge in [0.1, 0.15) is 0 Å². The van der Waals surface area contributed by atoms with Crippen LogP contribution in [0, 0.1) is 0 Å². The van der Waals surface area contributed by atoms with E-state index >= 15 is 0 Å². The molecule has 0 radical (unpaired) electrons. The molecule has 0 bridgehead atoms. The minimum absolute atomic E-state index is 0.0676. The van der Waals surface area contributed by atoms with E-state index in [1.165, 1.54) is 5.56 Å². The second-order valence-electron chi connectivity index (χ2n) is 7.90. The molecule has 2 aliphatic heterocycles. The van der Waals surface area contributed by atoms with E-state index in [4.69, 9.17) is 0 Å². The van der Waals surface area contributed by atoms with Crippen LogP contribution >= 0.6 is 0 Å². The van der Waals surface area contributed by atoms with Gasteiger partial charge in [-0.3, -0.25) is 9.69 Å². The number of hydrogen-bond donors (Lipinski definition) is 2. The highest BCUT2D eigenvalue weighted by molar-refractivity contribution is 5.99. The van der Waals surface area contributed by atoms with Crippen molar-refractivity contribution in [2.45, 2.75) is 32.4 Å². The van der Waals surface area contributed by atoms with Gasteiger partial charge in [0.05, 0.1) is 0 Å². The monoisotopic (exact) mass is 392 g/mol. The maximum Gasteiger partial charge on any atom is 0.322 e. The van der Waals surface area contributed by atoms with Gasteiger partial charge in [-0.25, -0.2) is 4.79 Å². The number of amides is 3. The quantitative estimate of drug-likeness (QED) is 0.844. The molecule has 6 heteroatoms. The zero-order valence-corrected chi connectivity index (χ0v) is 16.9. The molecule has 2 aromatic rings. The lowest BCUT2D eigenvalue weighted by Crippen LogP contribution is -2.42. The molecule has 3 amide bonds. The number of nitrogens with zero attached hydrogens (tertiary/aromatic N) is 2. The summed E-state index contributed by atoms with van der Waals surface area (Å²) in [5.41, 5.74) is 3.66. The van der Waals surface area contributed by atoms with E-state index < -0.39 is 0 Å². The van der Waals surface area contributed by atoms with Gasteiger partial charge in [-0.1, -0.05) is 36.4 Å². The molecule has 1 fully saturated rings. The Kier molecular flexibility index (Phi) is 5.81. The Morgan fingerprint density at radius 2 is 1.97 bits per heavy atom. The lowest BCUT2D eigenvalue weighted by atomic mass is 10.00. The van der Waals surface area contributed by atoms with Gasteiger partial charge in [-0.2, -0.15) is 0 Å². The first-order valence-electron chi connectivity index (χ1n) is 10.3. The maximum atomic E-state index is 12.9. The van der Waals surface area contributed by atoms with E-state index in [2.05, 4.69) is 46.7 Å². The summed E-state index contributed by atoms with van der Waals surface area (Å²) in [5, 5.41) is 5.85. The van der Waals surface area contributed by atoms with Crippen molar-refractivity contribution in [1.29, 1.82) is 0 Å². The van der Waals surface area contributed by atoms with Gasteiger partial charge in [-0.05, 0) is 43.0 Å². The highest BCUT2D eigenvalue weighted by Gasteiger charge is 2.25. The number of anilines is 1. The predicted molar refractivity (Wildman–Crippen MR) is 114 cm³/mol. The number of hydrogen-bond acceptors (Lipinski definition) is 3. The third kappa shape index (κ3) is 4.59. The maximum absolute atomic E-state index is 12.9. The second-order valence-corrected chi connectivity index (χ2v) is 7.90. The summed E-state index contributed by atoms with van der Waals surface area (Å²) < 4.78 is 0. The fourth-order valence-corrected chi connectivity index (χ4v) is 4.09. The van der Waals surface area contributed by atoms with Gasteiger partial charge in [-0.15, -0.1) is 0 Å². The van der Waals surface area contributed by atoms with Crippen LogP contribution in [0.25, 0.3) is 0 Å². The summed E-state index contributed by atoms with van der Waals surface area (Å²) >= 11 is 0. The normalized spacial score (nSPS) is 19.8. The Bertz CT molecular complexity index is 884. The molecule has 0 aromatic heterocycles. The largest absolute Gasteiger partial charge is 0.352 e. The van der Waals surface area contributed by atoms with Crippen LogP contribution in [0.5, 0.6) is 0 Å². The molecule has 2 aromatic carbocycles.